The van der Waals surface area contributed by atoms with Gasteiger partial charge in [-0.1, -0.05) is 12.1 Å². The van der Waals surface area contributed by atoms with Crippen molar-refractivity contribution in [1.29, 1.82) is 0 Å². The summed E-state index contributed by atoms with van der Waals surface area (Å²) in [6, 6.07) is 7.97. The maximum absolute atomic E-state index is 11.2. The third-order valence-electron chi connectivity index (χ3n) is 3.85. The number of fused-ring (bicyclic) bond motifs is 1. The van der Waals surface area contributed by atoms with Gasteiger partial charge in [0.25, 0.3) is 0 Å². The van der Waals surface area contributed by atoms with Gasteiger partial charge in [-0.25, -0.2) is 14.8 Å². The summed E-state index contributed by atoms with van der Waals surface area (Å²) in [4.78, 5) is 21.8. The maximum Gasteiger partial charge on any atom is 0.374 e. The molecule has 0 bridgehead atoms. The molecule has 5 heteroatoms. The number of carboxylic acids is 1. The molecule has 0 radical (unpaired) electrons. The van der Waals surface area contributed by atoms with Crippen LogP contribution in [0, 0.1) is 0 Å². The van der Waals surface area contributed by atoms with E-state index in [1.165, 1.54) is 6.42 Å². The normalized spacial score (nSPS) is 19.2. The highest BCUT2D eigenvalue weighted by molar-refractivity contribution is 5.94. The predicted molar refractivity (Wildman–Crippen MR) is 77.2 cm³/mol. The van der Waals surface area contributed by atoms with E-state index < -0.39 is 5.97 Å². The summed E-state index contributed by atoms with van der Waals surface area (Å²) < 4.78 is 0. The molecule has 0 spiro atoms. The number of rotatable bonds is 2. The minimum Gasteiger partial charge on any atom is -0.475 e. The molecule has 1 unspecified atom stereocenters. The van der Waals surface area contributed by atoms with Crippen LogP contribution in [-0.2, 0) is 0 Å². The van der Waals surface area contributed by atoms with E-state index in [0.29, 0.717) is 11.6 Å². The molecule has 1 N–H and O–H groups in total. The van der Waals surface area contributed by atoms with E-state index >= 15 is 0 Å². The van der Waals surface area contributed by atoms with Gasteiger partial charge in [0, 0.05) is 18.0 Å². The van der Waals surface area contributed by atoms with Crippen molar-refractivity contribution in [2.24, 2.45) is 0 Å². The van der Waals surface area contributed by atoms with Gasteiger partial charge in [0.05, 0.1) is 5.52 Å². The van der Waals surface area contributed by atoms with Crippen molar-refractivity contribution < 1.29 is 9.90 Å². The lowest BCUT2D eigenvalue weighted by atomic mass is 10.0. The van der Waals surface area contributed by atoms with E-state index in [-0.39, 0.29) is 5.82 Å². The molecule has 1 fully saturated rings. The van der Waals surface area contributed by atoms with Crippen LogP contribution >= 0.6 is 0 Å². The third kappa shape index (κ3) is 2.19. The van der Waals surface area contributed by atoms with Gasteiger partial charge >= 0.3 is 5.97 Å². The summed E-state index contributed by atoms with van der Waals surface area (Å²) in [6.45, 7) is 3.08. The molecule has 0 saturated carbocycles. The van der Waals surface area contributed by atoms with Crippen LogP contribution in [0.5, 0.6) is 0 Å². The molecule has 1 aliphatic heterocycles. The predicted octanol–water partition coefficient (Wildman–Crippen LogP) is 2.71. The van der Waals surface area contributed by atoms with Crippen LogP contribution < -0.4 is 4.90 Å². The fourth-order valence-electron chi connectivity index (χ4n) is 2.79. The molecule has 5 nitrogen and oxygen atoms in total. The Balaban J connectivity index is 2.18. The van der Waals surface area contributed by atoms with Crippen molar-refractivity contribution in [3.05, 3.63) is 30.1 Å². The lowest BCUT2D eigenvalue weighted by Crippen LogP contribution is -2.38. The SMILES string of the molecule is CC1CCCCN1c1nc(C(=O)O)nc2ccccc12. The van der Waals surface area contributed by atoms with Crippen molar-refractivity contribution in [2.75, 3.05) is 11.4 Å². The van der Waals surface area contributed by atoms with Crippen molar-refractivity contribution in [3.8, 4) is 0 Å². The Morgan fingerprint density at radius 3 is 2.85 bits per heavy atom. The van der Waals surface area contributed by atoms with Crippen molar-refractivity contribution in [2.45, 2.75) is 32.2 Å². The summed E-state index contributed by atoms with van der Waals surface area (Å²) >= 11 is 0. The summed E-state index contributed by atoms with van der Waals surface area (Å²) in [5, 5.41) is 10.1. The number of piperidine rings is 1. The summed E-state index contributed by atoms with van der Waals surface area (Å²) in [5.74, 6) is -0.460. The standard InChI is InChI=1S/C15H17N3O2/c1-10-6-4-5-9-18(10)14-11-7-2-3-8-12(11)16-13(17-14)15(19)20/h2-3,7-8,10H,4-6,9H2,1H3,(H,19,20). The topological polar surface area (TPSA) is 66.3 Å². The molecule has 1 aliphatic rings. The van der Waals surface area contributed by atoms with Crippen LogP contribution in [0.4, 0.5) is 5.82 Å². The number of carboxylic acid groups (broad SMARTS) is 1. The lowest BCUT2D eigenvalue weighted by molar-refractivity contribution is 0.0684. The van der Waals surface area contributed by atoms with Crippen molar-refractivity contribution >= 4 is 22.7 Å². The molecular weight excluding hydrogens is 254 g/mol. The first kappa shape index (κ1) is 12.8. The van der Waals surface area contributed by atoms with Crippen LogP contribution in [0.2, 0.25) is 0 Å². The van der Waals surface area contributed by atoms with Gasteiger partial charge in [0.2, 0.25) is 5.82 Å². The molecule has 3 rings (SSSR count). The van der Waals surface area contributed by atoms with Gasteiger partial charge in [0.15, 0.2) is 0 Å². The van der Waals surface area contributed by atoms with Gasteiger partial charge in [-0.3, -0.25) is 0 Å². The van der Waals surface area contributed by atoms with E-state index in [1.54, 1.807) is 0 Å². The van der Waals surface area contributed by atoms with Crippen LogP contribution in [0.15, 0.2) is 24.3 Å². The van der Waals surface area contributed by atoms with Gasteiger partial charge in [-0.05, 0) is 38.3 Å². The number of anilines is 1. The fourth-order valence-corrected chi connectivity index (χ4v) is 2.79. The summed E-state index contributed by atoms with van der Waals surface area (Å²) in [7, 11) is 0. The molecule has 20 heavy (non-hydrogen) atoms. The van der Waals surface area contributed by atoms with E-state index in [2.05, 4.69) is 21.8 Å². The van der Waals surface area contributed by atoms with Gasteiger partial charge < -0.3 is 10.0 Å². The van der Waals surface area contributed by atoms with Crippen LogP contribution in [0.3, 0.4) is 0 Å². The number of para-hydroxylation sites is 1. The maximum atomic E-state index is 11.2. The smallest absolute Gasteiger partial charge is 0.374 e. The zero-order valence-electron chi connectivity index (χ0n) is 11.4. The highest BCUT2D eigenvalue weighted by Gasteiger charge is 2.23. The first-order valence-electron chi connectivity index (χ1n) is 6.93. The zero-order chi connectivity index (χ0) is 14.1. The van der Waals surface area contributed by atoms with Crippen LogP contribution in [0.1, 0.15) is 36.8 Å². The van der Waals surface area contributed by atoms with Crippen LogP contribution in [0.25, 0.3) is 10.9 Å². The molecule has 1 atom stereocenters. The largest absolute Gasteiger partial charge is 0.475 e. The first-order chi connectivity index (χ1) is 9.66. The van der Waals surface area contributed by atoms with Gasteiger partial charge in [0.1, 0.15) is 5.82 Å². The van der Waals surface area contributed by atoms with Gasteiger partial charge in [-0.2, -0.15) is 0 Å². The molecule has 1 aromatic heterocycles. The summed E-state index contributed by atoms with van der Waals surface area (Å²) in [6.07, 6.45) is 3.44. The van der Waals surface area contributed by atoms with Crippen LogP contribution in [-0.4, -0.2) is 33.6 Å². The highest BCUT2D eigenvalue weighted by Crippen LogP contribution is 2.29. The minimum atomic E-state index is -1.08. The Morgan fingerprint density at radius 1 is 1.30 bits per heavy atom. The second-order valence-corrected chi connectivity index (χ2v) is 5.23. The second-order valence-electron chi connectivity index (χ2n) is 5.23. The Kier molecular flexibility index (Phi) is 3.26. The minimum absolute atomic E-state index is 0.128. The first-order valence-corrected chi connectivity index (χ1v) is 6.93. The van der Waals surface area contributed by atoms with E-state index in [4.69, 9.17) is 0 Å². The number of aromatic nitrogens is 2. The van der Waals surface area contributed by atoms with E-state index in [9.17, 15) is 9.90 Å². The van der Waals surface area contributed by atoms with E-state index in [0.717, 1.165) is 30.6 Å². The highest BCUT2D eigenvalue weighted by atomic mass is 16.4. The average Bonchev–Trinajstić information content (AvgIpc) is 2.46. The Hall–Kier alpha value is -2.17. The molecular formula is C15H17N3O2. The van der Waals surface area contributed by atoms with Crippen molar-refractivity contribution in [1.82, 2.24) is 9.97 Å². The lowest BCUT2D eigenvalue weighted by Gasteiger charge is -2.35. The molecule has 2 aromatic rings. The molecule has 1 aromatic carbocycles. The zero-order valence-corrected chi connectivity index (χ0v) is 11.4. The Bertz CT molecular complexity index is 657. The monoisotopic (exact) mass is 271 g/mol. The second kappa shape index (κ2) is 5.07. The third-order valence-corrected chi connectivity index (χ3v) is 3.85. The Labute approximate surface area is 117 Å². The number of carbonyl (C=O) groups is 1. The fraction of sp³-hybridized carbons (Fsp3) is 0.400. The number of benzene rings is 1. The van der Waals surface area contributed by atoms with E-state index in [1.807, 2.05) is 24.3 Å². The summed E-state index contributed by atoms with van der Waals surface area (Å²) in [5.41, 5.74) is 0.688. The molecule has 1 saturated heterocycles. The number of aromatic carboxylic acids is 1. The number of hydrogen-bond donors (Lipinski definition) is 1. The van der Waals surface area contributed by atoms with Crippen molar-refractivity contribution in [3.63, 3.8) is 0 Å². The molecule has 0 amide bonds. The Morgan fingerprint density at radius 2 is 2.10 bits per heavy atom. The quantitative estimate of drug-likeness (QED) is 0.909. The molecule has 2 heterocycles. The van der Waals surface area contributed by atoms with Gasteiger partial charge in [-0.15, -0.1) is 0 Å². The number of nitrogens with zero attached hydrogens (tertiary/aromatic N) is 3. The molecule has 104 valence electrons. The number of hydrogen-bond acceptors (Lipinski definition) is 4. The molecule has 0 aliphatic carbocycles. The average molecular weight is 271 g/mol.